The number of rotatable bonds is 7. The average Bonchev–Trinajstić information content (AvgIpc) is 2.57. The van der Waals surface area contributed by atoms with Gasteiger partial charge in [-0.2, -0.15) is 0 Å². The lowest BCUT2D eigenvalue weighted by Gasteiger charge is -2.40. The zero-order chi connectivity index (χ0) is 17.6. The maximum Gasteiger partial charge on any atom is 0.311 e. The minimum absolute atomic E-state index is 0.0725. The quantitative estimate of drug-likeness (QED) is 0.698. The molecule has 0 saturated carbocycles. The first-order chi connectivity index (χ1) is 11.5. The number of carboxylic acids is 1. The molecule has 0 unspecified atom stereocenters. The Morgan fingerprint density at radius 3 is 2.96 bits per heavy atom. The molecule has 0 aromatic carbocycles. The molecule has 8 heteroatoms. The number of aromatic nitrogens is 2. The Morgan fingerprint density at radius 1 is 1.50 bits per heavy atom. The van der Waals surface area contributed by atoms with Crippen molar-refractivity contribution in [1.82, 2.24) is 14.9 Å². The van der Waals surface area contributed by atoms with Crippen LogP contribution in [0.5, 0.6) is 0 Å². The van der Waals surface area contributed by atoms with E-state index in [1.54, 1.807) is 12.0 Å². The van der Waals surface area contributed by atoms with E-state index in [9.17, 15) is 19.5 Å². The summed E-state index contributed by atoms with van der Waals surface area (Å²) in [5.41, 5.74) is -0.998. The third kappa shape index (κ3) is 4.19. The summed E-state index contributed by atoms with van der Waals surface area (Å²) in [6.45, 7) is 1.17. The monoisotopic (exact) mass is 337 g/mol. The molecule has 1 fully saturated rings. The molecule has 2 N–H and O–H groups in total. The van der Waals surface area contributed by atoms with Crippen LogP contribution < -0.4 is 5.56 Å². The highest BCUT2D eigenvalue weighted by Crippen LogP contribution is 2.35. The first-order valence-corrected chi connectivity index (χ1v) is 8.00. The molecular weight excluding hydrogens is 314 g/mol. The third-order valence-electron chi connectivity index (χ3n) is 4.52. The molecule has 8 nitrogen and oxygen atoms in total. The van der Waals surface area contributed by atoms with Crippen molar-refractivity contribution >= 4 is 11.9 Å². The van der Waals surface area contributed by atoms with E-state index < -0.39 is 11.4 Å². The summed E-state index contributed by atoms with van der Waals surface area (Å²) in [4.78, 5) is 43.8. The number of piperidine rings is 1. The Hall–Kier alpha value is -2.22. The number of nitrogens with zero attached hydrogens (tertiary/aromatic N) is 2. The number of amides is 1. The van der Waals surface area contributed by atoms with Crippen molar-refractivity contribution in [3.05, 3.63) is 28.4 Å². The summed E-state index contributed by atoms with van der Waals surface area (Å²) >= 11 is 0. The smallest absolute Gasteiger partial charge is 0.311 e. The summed E-state index contributed by atoms with van der Waals surface area (Å²) in [5.74, 6) is -1.12. The zero-order valence-corrected chi connectivity index (χ0v) is 13.8. The van der Waals surface area contributed by atoms with Gasteiger partial charge in [-0.3, -0.25) is 14.4 Å². The van der Waals surface area contributed by atoms with Gasteiger partial charge in [-0.05, 0) is 25.7 Å². The Morgan fingerprint density at radius 2 is 2.29 bits per heavy atom. The summed E-state index contributed by atoms with van der Waals surface area (Å²) < 4.78 is 5.01. The minimum Gasteiger partial charge on any atom is -0.481 e. The SMILES string of the molecule is COCCC[C@]1(C(=O)O)CCCN(C(=O)Cc2cnc[nH]c2=O)C1. The third-order valence-corrected chi connectivity index (χ3v) is 4.52. The lowest BCUT2D eigenvalue weighted by Crippen LogP contribution is -2.50. The highest BCUT2D eigenvalue weighted by Gasteiger charge is 2.43. The van der Waals surface area contributed by atoms with Gasteiger partial charge in [-0.1, -0.05) is 0 Å². The molecule has 132 valence electrons. The van der Waals surface area contributed by atoms with Gasteiger partial charge in [0.15, 0.2) is 0 Å². The molecule has 1 aromatic rings. The number of H-pyrrole nitrogens is 1. The fourth-order valence-corrected chi connectivity index (χ4v) is 3.16. The molecule has 0 spiro atoms. The van der Waals surface area contributed by atoms with E-state index in [4.69, 9.17) is 4.74 Å². The van der Waals surface area contributed by atoms with Crippen molar-refractivity contribution in [2.45, 2.75) is 32.1 Å². The average molecular weight is 337 g/mol. The molecule has 1 amide bonds. The van der Waals surface area contributed by atoms with Crippen LogP contribution in [-0.4, -0.2) is 58.7 Å². The normalized spacial score (nSPS) is 20.8. The molecule has 1 aliphatic heterocycles. The first-order valence-electron chi connectivity index (χ1n) is 8.00. The first kappa shape index (κ1) is 18.1. The van der Waals surface area contributed by atoms with Crippen LogP contribution in [0, 0.1) is 5.41 Å². The fraction of sp³-hybridized carbons (Fsp3) is 0.625. The number of hydrogen-bond acceptors (Lipinski definition) is 5. The van der Waals surface area contributed by atoms with Crippen molar-refractivity contribution < 1.29 is 19.4 Å². The Bertz CT molecular complexity index is 645. The minimum atomic E-state index is -0.937. The lowest BCUT2D eigenvalue weighted by molar-refractivity contribution is -0.155. The van der Waals surface area contributed by atoms with Crippen LogP contribution in [0.2, 0.25) is 0 Å². The molecule has 1 aliphatic rings. The Kier molecular flexibility index (Phi) is 6.08. The highest BCUT2D eigenvalue weighted by molar-refractivity contribution is 5.81. The Labute approximate surface area is 139 Å². The van der Waals surface area contributed by atoms with Gasteiger partial charge in [0.05, 0.1) is 18.2 Å². The van der Waals surface area contributed by atoms with Gasteiger partial charge < -0.3 is 19.7 Å². The molecule has 0 aliphatic carbocycles. The summed E-state index contributed by atoms with van der Waals surface area (Å²) in [7, 11) is 1.58. The van der Waals surface area contributed by atoms with Crippen LogP contribution in [0.25, 0.3) is 0 Å². The van der Waals surface area contributed by atoms with Crippen molar-refractivity contribution in [1.29, 1.82) is 0 Å². The molecular formula is C16H23N3O5. The van der Waals surface area contributed by atoms with E-state index in [1.165, 1.54) is 12.5 Å². The molecule has 2 rings (SSSR count). The number of aliphatic carboxylic acids is 1. The lowest BCUT2D eigenvalue weighted by atomic mass is 9.76. The van der Waals surface area contributed by atoms with Crippen molar-refractivity contribution in [2.75, 3.05) is 26.8 Å². The van der Waals surface area contributed by atoms with Crippen LogP contribution in [-0.2, 0) is 20.7 Å². The standard InChI is InChI=1S/C16H23N3O5/c1-24-7-3-5-16(15(22)23)4-2-6-19(10-16)13(20)8-12-9-17-11-18-14(12)21/h9,11H,2-8,10H2,1H3,(H,22,23)(H,17,18,21)/t16-/m1/s1. The maximum atomic E-state index is 12.5. The fourth-order valence-electron chi connectivity index (χ4n) is 3.16. The topological polar surface area (TPSA) is 113 Å². The number of aromatic amines is 1. The van der Waals surface area contributed by atoms with Crippen molar-refractivity contribution in [3.63, 3.8) is 0 Å². The van der Waals surface area contributed by atoms with E-state index in [1.807, 2.05) is 0 Å². The van der Waals surface area contributed by atoms with E-state index >= 15 is 0 Å². The number of carboxylic acid groups (broad SMARTS) is 1. The number of carbonyl (C=O) groups is 2. The second-order valence-corrected chi connectivity index (χ2v) is 6.18. The Balaban J connectivity index is 2.07. The number of likely N-dealkylation sites (tertiary alicyclic amines) is 1. The van der Waals surface area contributed by atoms with E-state index in [0.717, 1.165) is 0 Å². The van der Waals surface area contributed by atoms with Gasteiger partial charge in [-0.15, -0.1) is 0 Å². The molecule has 1 atom stereocenters. The second-order valence-electron chi connectivity index (χ2n) is 6.18. The number of hydrogen-bond donors (Lipinski definition) is 2. The predicted molar refractivity (Wildman–Crippen MR) is 85.6 cm³/mol. The van der Waals surface area contributed by atoms with Gasteiger partial charge in [0.25, 0.3) is 5.56 Å². The maximum absolute atomic E-state index is 12.5. The largest absolute Gasteiger partial charge is 0.481 e. The van der Waals surface area contributed by atoms with Crippen LogP contribution in [0.3, 0.4) is 0 Å². The number of methoxy groups -OCH3 is 1. The van der Waals surface area contributed by atoms with Gasteiger partial charge in [0.2, 0.25) is 5.91 Å². The van der Waals surface area contributed by atoms with Crippen LogP contribution >= 0.6 is 0 Å². The van der Waals surface area contributed by atoms with Crippen LogP contribution in [0.15, 0.2) is 17.3 Å². The highest BCUT2D eigenvalue weighted by atomic mass is 16.5. The molecule has 2 heterocycles. The van der Waals surface area contributed by atoms with Gasteiger partial charge in [-0.25, -0.2) is 4.98 Å². The molecule has 1 aromatic heterocycles. The second kappa shape index (κ2) is 8.05. The van der Waals surface area contributed by atoms with Crippen molar-refractivity contribution in [3.8, 4) is 0 Å². The number of carbonyl (C=O) groups excluding carboxylic acids is 1. The van der Waals surface area contributed by atoms with E-state index in [0.29, 0.717) is 38.8 Å². The van der Waals surface area contributed by atoms with Gasteiger partial charge >= 0.3 is 5.97 Å². The van der Waals surface area contributed by atoms with Gasteiger partial charge in [0, 0.05) is 38.6 Å². The summed E-state index contributed by atoms with van der Waals surface area (Å²) in [5, 5.41) is 9.68. The van der Waals surface area contributed by atoms with Crippen LogP contribution in [0.4, 0.5) is 0 Å². The van der Waals surface area contributed by atoms with E-state index in [2.05, 4.69) is 9.97 Å². The molecule has 1 saturated heterocycles. The summed E-state index contributed by atoms with van der Waals surface area (Å²) in [6, 6.07) is 0. The van der Waals surface area contributed by atoms with Gasteiger partial charge in [0.1, 0.15) is 0 Å². The summed E-state index contributed by atoms with van der Waals surface area (Å²) in [6.07, 6.45) is 4.83. The number of nitrogens with one attached hydrogen (secondary N) is 1. The molecule has 0 radical (unpaired) electrons. The zero-order valence-electron chi connectivity index (χ0n) is 13.8. The van der Waals surface area contributed by atoms with Crippen LogP contribution in [0.1, 0.15) is 31.2 Å². The van der Waals surface area contributed by atoms with Crippen molar-refractivity contribution in [2.24, 2.45) is 5.41 Å². The van der Waals surface area contributed by atoms with E-state index in [-0.39, 0.29) is 30.0 Å². The predicted octanol–water partition coefficient (Wildman–Crippen LogP) is 0.432. The number of ether oxygens (including phenoxy) is 1. The molecule has 0 bridgehead atoms. The molecule has 24 heavy (non-hydrogen) atoms.